The summed E-state index contributed by atoms with van der Waals surface area (Å²) in [7, 11) is 0. The van der Waals surface area contributed by atoms with Crippen LogP contribution in [0.1, 0.15) is 27.8 Å². The smallest absolute Gasteiger partial charge is 0.272 e. The Hall–Kier alpha value is -2.37. The van der Waals surface area contributed by atoms with E-state index in [9.17, 15) is 14.7 Å². The van der Waals surface area contributed by atoms with Crippen LogP contribution in [0.5, 0.6) is 0 Å². The van der Waals surface area contributed by atoms with Crippen molar-refractivity contribution in [3.8, 4) is 0 Å². The predicted octanol–water partition coefficient (Wildman–Crippen LogP) is 3.93. The molecule has 0 bridgehead atoms. The second-order valence-electron chi connectivity index (χ2n) is 6.87. The minimum Gasteiger partial charge on any atom is -0.396 e. The molecule has 0 radical (unpaired) electrons. The summed E-state index contributed by atoms with van der Waals surface area (Å²) in [6.07, 6.45) is 0. The van der Waals surface area contributed by atoms with E-state index >= 15 is 0 Å². The van der Waals surface area contributed by atoms with Gasteiger partial charge in [0.15, 0.2) is 0 Å². The molecule has 0 aromatic heterocycles. The van der Waals surface area contributed by atoms with E-state index in [1.807, 2.05) is 64.1 Å². The van der Waals surface area contributed by atoms with Crippen LogP contribution in [0.4, 0.5) is 5.69 Å². The first-order valence-electron chi connectivity index (χ1n) is 8.86. The van der Waals surface area contributed by atoms with Crippen molar-refractivity contribution in [3.63, 3.8) is 0 Å². The standard InChI is InChI=1S/C22H23NO3S/c1-13-9-14(2)11-18(10-13)23-21(25)19(20(22(23)26)27-8-7-24)17-6-5-15(3)16(4)12-17/h5-6,9-12,24H,7-8H2,1-4H3. The van der Waals surface area contributed by atoms with Crippen LogP contribution in [0.25, 0.3) is 5.57 Å². The maximum absolute atomic E-state index is 13.3. The van der Waals surface area contributed by atoms with Gasteiger partial charge < -0.3 is 5.11 Å². The van der Waals surface area contributed by atoms with Crippen molar-refractivity contribution in [2.75, 3.05) is 17.3 Å². The maximum Gasteiger partial charge on any atom is 0.272 e. The Morgan fingerprint density at radius 3 is 2.15 bits per heavy atom. The number of hydrogen-bond acceptors (Lipinski definition) is 4. The van der Waals surface area contributed by atoms with E-state index in [1.54, 1.807) is 0 Å². The van der Waals surface area contributed by atoms with E-state index in [-0.39, 0.29) is 18.4 Å². The number of carbonyl (C=O) groups is 2. The second-order valence-corrected chi connectivity index (χ2v) is 7.97. The number of anilines is 1. The number of imide groups is 1. The molecular formula is C22H23NO3S. The van der Waals surface area contributed by atoms with Crippen LogP contribution in [0, 0.1) is 27.7 Å². The summed E-state index contributed by atoms with van der Waals surface area (Å²) >= 11 is 1.23. The van der Waals surface area contributed by atoms with E-state index in [0.29, 0.717) is 21.9 Å². The summed E-state index contributed by atoms with van der Waals surface area (Å²) in [5.74, 6) is -0.269. The lowest BCUT2D eigenvalue weighted by Gasteiger charge is -2.17. The number of aryl methyl sites for hydroxylation is 4. The van der Waals surface area contributed by atoms with Gasteiger partial charge >= 0.3 is 0 Å². The average Bonchev–Trinajstić information content (AvgIpc) is 2.84. The lowest BCUT2D eigenvalue weighted by atomic mass is 10.0. The average molecular weight is 381 g/mol. The molecule has 3 rings (SSSR count). The summed E-state index contributed by atoms with van der Waals surface area (Å²) in [6.45, 7) is 7.84. The molecule has 1 aliphatic rings. The highest BCUT2D eigenvalue weighted by atomic mass is 32.2. The highest BCUT2D eigenvalue weighted by molar-refractivity contribution is 8.04. The summed E-state index contributed by atoms with van der Waals surface area (Å²) in [5, 5.41) is 9.22. The monoisotopic (exact) mass is 381 g/mol. The molecule has 4 nitrogen and oxygen atoms in total. The van der Waals surface area contributed by atoms with Crippen LogP contribution in [0.15, 0.2) is 41.3 Å². The van der Waals surface area contributed by atoms with Gasteiger partial charge in [-0.3, -0.25) is 9.59 Å². The third kappa shape index (κ3) is 3.70. The molecule has 2 amide bonds. The number of aliphatic hydroxyl groups is 1. The van der Waals surface area contributed by atoms with Gasteiger partial charge in [-0.05, 0) is 67.6 Å². The first-order chi connectivity index (χ1) is 12.8. The van der Waals surface area contributed by atoms with Crippen molar-refractivity contribution in [2.45, 2.75) is 27.7 Å². The van der Waals surface area contributed by atoms with E-state index in [0.717, 1.165) is 27.8 Å². The van der Waals surface area contributed by atoms with Crippen LogP contribution in [0.3, 0.4) is 0 Å². The molecule has 0 saturated carbocycles. The number of carbonyl (C=O) groups excluding carboxylic acids is 2. The molecule has 0 atom stereocenters. The van der Waals surface area contributed by atoms with Crippen LogP contribution >= 0.6 is 11.8 Å². The molecule has 5 heteroatoms. The lowest BCUT2D eigenvalue weighted by molar-refractivity contribution is -0.119. The fraction of sp³-hybridized carbons (Fsp3) is 0.273. The first kappa shape index (κ1) is 19.4. The Balaban J connectivity index is 2.12. The molecule has 0 fully saturated rings. The van der Waals surface area contributed by atoms with Gasteiger partial charge in [0.25, 0.3) is 11.8 Å². The number of rotatable bonds is 5. The van der Waals surface area contributed by atoms with Crippen LogP contribution in [0.2, 0.25) is 0 Å². The second kappa shape index (κ2) is 7.71. The molecule has 0 spiro atoms. The van der Waals surface area contributed by atoms with E-state index in [4.69, 9.17) is 0 Å². The first-order valence-corrected chi connectivity index (χ1v) is 9.84. The van der Waals surface area contributed by atoms with Gasteiger partial charge in [-0.15, -0.1) is 11.8 Å². The summed E-state index contributed by atoms with van der Waals surface area (Å²) < 4.78 is 0. The third-order valence-electron chi connectivity index (χ3n) is 4.64. The van der Waals surface area contributed by atoms with Gasteiger partial charge in [-0.2, -0.15) is 0 Å². The Morgan fingerprint density at radius 2 is 1.56 bits per heavy atom. The number of nitrogens with zero attached hydrogens (tertiary/aromatic N) is 1. The SMILES string of the molecule is Cc1cc(C)cc(N2C(=O)C(SCCO)=C(c3ccc(C)c(C)c3)C2=O)c1. The van der Waals surface area contributed by atoms with Gasteiger partial charge in [0.1, 0.15) is 0 Å². The van der Waals surface area contributed by atoms with Gasteiger partial charge in [-0.1, -0.05) is 24.3 Å². The number of amides is 2. The molecule has 0 aliphatic carbocycles. The van der Waals surface area contributed by atoms with Crippen LogP contribution in [-0.2, 0) is 9.59 Å². The Bertz CT molecular complexity index is 942. The van der Waals surface area contributed by atoms with Crippen molar-refractivity contribution in [1.82, 2.24) is 0 Å². The lowest BCUT2D eigenvalue weighted by Crippen LogP contribution is -2.31. The van der Waals surface area contributed by atoms with E-state index in [1.165, 1.54) is 16.7 Å². The number of thioether (sulfide) groups is 1. The topological polar surface area (TPSA) is 57.6 Å². The van der Waals surface area contributed by atoms with Gasteiger partial charge in [-0.25, -0.2) is 4.90 Å². The molecule has 0 unspecified atom stereocenters. The zero-order valence-electron chi connectivity index (χ0n) is 16.0. The summed E-state index contributed by atoms with van der Waals surface area (Å²) in [5.41, 5.74) is 5.93. The van der Waals surface area contributed by atoms with Crippen molar-refractivity contribution < 1.29 is 14.7 Å². The van der Waals surface area contributed by atoms with Crippen molar-refractivity contribution in [3.05, 3.63) is 69.1 Å². The zero-order chi connectivity index (χ0) is 19.7. The van der Waals surface area contributed by atoms with Gasteiger partial charge in [0.2, 0.25) is 0 Å². The quantitative estimate of drug-likeness (QED) is 0.798. The fourth-order valence-corrected chi connectivity index (χ4v) is 4.12. The number of aliphatic hydroxyl groups excluding tert-OH is 1. The normalized spacial score (nSPS) is 14.5. The van der Waals surface area contributed by atoms with Crippen molar-refractivity contribution in [2.24, 2.45) is 0 Å². The molecule has 1 aliphatic heterocycles. The minimum atomic E-state index is -0.323. The Morgan fingerprint density at radius 1 is 0.889 bits per heavy atom. The largest absolute Gasteiger partial charge is 0.396 e. The zero-order valence-corrected chi connectivity index (χ0v) is 16.8. The molecule has 140 valence electrons. The van der Waals surface area contributed by atoms with Gasteiger partial charge in [0.05, 0.1) is 22.8 Å². The highest BCUT2D eigenvalue weighted by Crippen LogP contribution is 2.39. The number of benzene rings is 2. The molecule has 2 aromatic rings. The molecular weight excluding hydrogens is 358 g/mol. The molecule has 27 heavy (non-hydrogen) atoms. The molecule has 0 saturated heterocycles. The molecule has 1 heterocycles. The molecule has 1 N–H and O–H groups in total. The third-order valence-corrected chi connectivity index (χ3v) is 5.69. The van der Waals surface area contributed by atoms with Crippen LogP contribution < -0.4 is 4.90 Å². The van der Waals surface area contributed by atoms with Crippen molar-refractivity contribution >= 4 is 34.8 Å². The van der Waals surface area contributed by atoms with Crippen molar-refractivity contribution in [1.29, 1.82) is 0 Å². The fourth-order valence-electron chi connectivity index (χ4n) is 3.26. The Kier molecular flexibility index (Phi) is 5.53. The summed E-state index contributed by atoms with van der Waals surface area (Å²) in [6, 6.07) is 11.5. The Labute approximate surface area is 163 Å². The highest BCUT2D eigenvalue weighted by Gasteiger charge is 2.40. The van der Waals surface area contributed by atoms with Crippen LogP contribution in [-0.4, -0.2) is 29.3 Å². The van der Waals surface area contributed by atoms with E-state index < -0.39 is 0 Å². The molecule has 2 aromatic carbocycles. The predicted molar refractivity (Wildman–Crippen MR) is 111 cm³/mol. The minimum absolute atomic E-state index is 0.0562. The number of hydrogen-bond donors (Lipinski definition) is 1. The summed E-state index contributed by atoms with van der Waals surface area (Å²) in [4.78, 5) is 28.1. The van der Waals surface area contributed by atoms with Gasteiger partial charge in [0, 0.05) is 5.75 Å². The van der Waals surface area contributed by atoms with E-state index in [2.05, 4.69) is 0 Å². The maximum atomic E-state index is 13.3.